The molecule has 0 unspecified atom stereocenters. The predicted molar refractivity (Wildman–Crippen MR) is 82.8 cm³/mol. The Morgan fingerprint density at radius 2 is 1.89 bits per heavy atom. The van der Waals surface area contributed by atoms with Crippen molar-refractivity contribution in [2.75, 3.05) is 0 Å². The van der Waals surface area contributed by atoms with Crippen LogP contribution >= 0.6 is 0 Å². The van der Waals surface area contributed by atoms with Gasteiger partial charge < -0.3 is 0 Å². The second-order valence-corrected chi connectivity index (χ2v) is 5.07. The second kappa shape index (κ2) is 8.97. The molecule has 18 heavy (non-hydrogen) atoms. The Morgan fingerprint density at radius 1 is 1.06 bits per heavy atom. The number of benzene rings is 1. The topological polar surface area (TPSA) is 0 Å². The van der Waals surface area contributed by atoms with E-state index in [-0.39, 0.29) is 0 Å². The van der Waals surface area contributed by atoms with Crippen molar-refractivity contribution >= 4 is 5.57 Å². The van der Waals surface area contributed by atoms with Crippen molar-refractivity contribution in [3.8, 4) is 0 Å². The van der Waals surface area contributed by atoms with Crippen molar-refractivity contribution in [1.82, 2.24) is 0 Å². The third-order valence-corrected chi connectivity index (χ3v) is 3.32. The summed E-state index contributed by atoms with van der Waals surface area (Å²) in [6.07, 6.45) is 11.1. The predicted octanol–water partition coefficient (Wildman–Crippen LogP) is 6.01. The van der Waals surface area contributed by atoms with Crippen molar-refractivity contribution in [3.63, 3.8) is 0 Å². The highest BCUT2D eigenvalue weighted by Gasteiger charge is 2.02. The Hall–Kier alpha value is -1.04. The van der Waals surface area contributed by atoms with Gasteiger partial charge in [-0.3, -0.25) is 0 Å². The van der Waals surface area contributed by atoms with Gasteiger partial charge in [-0.2, -0.15) is 0 Å². The van der Waals surface area contributed by atoms with E-state index in [1.165, 1.54) is 56.1 Å². The summed E-state index contributed by atoms with van der Waals surface area (Å²) in [5.74, 6) is 0. The van der Waals surface area contributed by atoms with Crippen molar-refractivity contribution in [1.29, 1.82) is 0 Å². The fraction of sp³-hybridized carbons (Fsp3) is 0.556. The quantitative estimate of drug-likeness (QED) is 0.525. The molecule has 0 aromatic heterocycles. The molecule has 0 radical (unpaired) electrons. The van der Waals surface area contributed by atoms with Crippen LogP contribution in [0.3, 0.4) is 0 Å². The molecule has 1 aromatic rings. The summed E-state index contributed by atoms with van der Waals surface area (Å²) in [5, 5.41) is 0. The van der Waals surface area contributed by atoms with Gasteiger partial charge in [-0.15, -0.1) is 0 Å². The van der Waals surface area contributed by atoms with Crippen molar-refractivity contribution in [3.05, 3.63) is 41.5 Å². The van der Waals surface area contributed by atoms with Gasteiger partial charge in [0.15, 0.2) is 0 Å². The first-order valence-electron chi connectivity index (χ1n) is 7.60. The minimum Gasteiger partial charge on any atom is -0.0807 e. The van der Waals surface area contributed by atoms with Crippen LogP contribution in [0.5, 0.6) is 0 Å². The Balaban J connectivity index is 2.85. The zero-order valence-electron chi connectivity index (χ0n) is 12.3. The maximum atomic E-state index is 2.45. The normalized spacial score (nSPS) is 11.8. The molecule has 0 nitrogen and oxygen atoms in total. The van der Waals surface area contributed by atoms with E-state index >= 15 is 0 Å². The van der Waals surface area contributed by atoms with Crippen LogP contribution in [0, 0.1) is 0 Å². The van der Waals surface area contributed by atoms with Gasteiger partial charge >= 0.3 is 0 Å². The first kappa shape index (κ1) is 15.0. The van der Waals surface area contributed by atoms with E-state index in [4.69, 9.17) is 0 Å². The highest BCUT2D eigenvalue weighted by Crippen LogP contribution is 2.23. The number of allylic oxidation sites excluding steroid dienone is 2. The molecule has 0 heteroatoms. The molecule has 0 fully saturated rings. The van der Waals surface area contributed by atoms with E-state index in [1.54, 1.807) is 5.57 Å². The van der Waals surface area contributed by atoms with E-state index in [9.17, 15) is 0 Å². The van der Waals surface area contributed by atoms with Crippen LogP contribution in [0.15, 0.2) is 30.3 Å². The third-order valence-electron chi connectivity index (χ3n) is 3.32. The summed E-state index contributed by atoms with van der Waals surface area (Å²) in [4.78, 5) is 0. The molecule has 100 valence electrons. The van der Waals surface area contributed by atoms with Crippen molar-refractivity contribution in [2.45, 2.75) is 65.7 Å². The Kier molecular flexibility index (Phi) is 7.48. The van der Waals surface area contributed by atoms with Gasteiger partial charge in [0.2, 0.25) is 0 Å². The maximum absolute atomic E-state index is 2.45. The summed E-state index contributed by atoms with van der Waals surface area (Å²) in [7, 11) is 0. The van der Waals surface area contributed by atoms with Crippen LogP contribution in [0.25, 0.3) is 5.57 Å². The smallest absolute Gasteiger partial charge is 0.0225 e. The van der Waals surface area contributed by atoms with Crippen molar-refractivity contribution < 1.29 is 0 Å². The van der Waals surface area contributed by atoms with E-state index in [0.29, 0.717) is 0 Å². The zero-order valence-corrected chi connectivity index (χ0v) is 12.3. The molecule has 0 amide bonds. The fourth-order valence-corrected chi connectivity index (χ4v) is 2.27. The largest absolute Gasteiger partial charge is 0.0807 e. The zero-order chi connectivity index (χ0) is 13.2. The monoisotopic (exact) mass is 244 g/mol. The summed E-state index contributed by atoms with van der Waals surface area (Å²) >= 11 is 0. The summed E-state index contributed by atoms with van der Waals surface area (Å²) in [5.41, 5.74) is 4.48. The number of rotatable bonds is 8. The number of hydrogen-bond donors (Lipinski definition) is 0. The molecule has 0 saturated carbocycles. The lowest BCUT2D eigenvalue weighted by molar-refractivity contribution is 0.820. The van der Waals surface area contributed by atoms with Crippen LogP contribution in [0.1, 0.15) is 70.4 Å². The van der Waals surface area contributed by atoms with E-state index in [2.05, 4.69) is 51.1 Å². The molecular formula is C18H28. The second-order valence-electron chi connectivity index (χ2n) is 5.07. The van der Waals surface area contributed by atoms with Crippen LogP contribution < -0.4 is 0 Å². The van der Waals surface area contributed by atoms with Crippen molar-refractivity contribution in [2.24, 2.45) is 0 Å². The van der Waals surface area contributed by atoms with E-state index in [0.717, 1.165) is 0 Å². The van der Waals surface area contributed by atoms with Gasteiger partial charge in [0.25, 0.3) is 0 Å². The molecule has 0 saturated heterocycles. The molecule has 0 aliphatic rings. The van der Waals surface area contributed by atoms with Gasteiger partial charge in [0.1, 0.15) is 0 Å². The molecule has 0 aliphatic carbocycles. The van der Waals surface area contributed by atoms with Gasteiger partial charge in [0.05, 0.1) is 0 Å². The van der Waals surface area contributed by atoms with Crippen LogP contribution in [0.4, 0.5) is 0 Å². The number of aryl methyl sites for hydroxylation is 1. The minimum absolute atomic E-state index is 1.20. The molecule has 1 aromatic carbocycles. The number of hydrogen-bond acceptors (Lipinski definition) is 0. The maximum Gasteiger partial charge on any atom is -0.0225 e. The fourth-order valence-electron chi connectivity index (χ4n) is 2.27. The molecular weight excluding hydrogens is 216 g/mol. The molecule has 0 heterocycles. The SMILES string of the molecule is CCCC=C(CCCC)c1cccc(CCC)c1. The first-order chi connectivity index (χ1) is 8.81. The molecule has 0 spiro atoms. The summed E-state index contributed by atoms with van der Waals surface area (Å²) in [6.45, 7) is 6.77. The molecule has 0 N–H and O–H groups in total. The van der Waals surface area contributed by atoms with E-state index < -0.39 is 0 Å². The minimum atomic E-state index is 1.20. The van der Waals surface area contributed by atoms with Gasteiger partial charge in [0, 0.05) is 0 Å². The first-order valence-corrected chi connectivity index (χ1v) is 7.60. The average molecular weight is 244 g/mol. The molecule has 0 bridgehead atoms. The molecule has 1 rings (SSSR count). The molecule has 0 aliphatic heterocycles. The Bertz CT molecular complexity index is 360. The summed E-state index contributed by atoms with van der Waals surface area (Å²) < 4.78 is 0. The third kappa shape index (κ3) is 5.08. The average Bonchev–Trinajstić information content (AvgIpc) is 2.40. The summed E-state index contributed by atoms with van der Waals surface area (Å²) in [6, 6.07) is 9.13. The van der Waals surface area contributed by atoms with Crippen LogP contribution in [0.2, 0.25) is 0 Å². The Morgan fingerprint density at radius 3 is 2.56 bits per heavy atom. The van der Waals surface area contributed by atoms with Gasteiger partial charge in [-0.1, -0.05) is 70.4 Å². The highest BCUT2D eigenvalue weighted by molar-refractivity contribution is 5.66. The number of unbranched alkanes of at least 4 members (excludes halogenated alkanes) is 2. The van der Waals surface area contributed by atoms with E-state index in [1.807, 2.05) is 0 Å². The lowest BCUT2D eigenvalue weighted by Crippen LogP contribution is -1.89. The van der Waals surface area contributed by atoms with Crippen LogP contribution in [-0.4, -0.2) is 0 Å². The molecule has 0 atom stereocenters. The lowest BCUT2D eigenvalue weighted by atomic mass is 9.96. The Labute approximate surface area is 113 Å². The lowest BCUT2D eigenvalue weighted by Gasteiger charge is -2.09. The van der Waals surface area contributed by atoms with Crippen LogP contribution in [-0.2, 0) is 6.42 Å². The van der Waals surface area contributed by atoms with Gasteiger partial charge in [-0.25, -0.2) is 0 Å². The van der Waals surface area contributed by atoms with Gasteiger partial charge in [-0.05, 0) is 42.4 Å². The highest BCUT2D eigenvalue weighted by atomic mass is 14.1. The standard InChI is InChI=1S/C18H28/c1-4-7-12-17(13-8-5-2)18-14-9-11-16(15-18)10-6-3/h9,11-12,14-15H,4-8,10,13H2,1-3H3.